The predicted octanol–water partition coefficient (Wildman–Crippen LogP) is -1.08. The van der Waals surface area contributed by atoms with Crippen LogP contribution in [0.3, 0.4) is 0 Å². The third-order valence-corrected chi connectivity index (χ3v) is 3.52. The maximum Gasteiger partial charge on any atom is 0.341 e. The lowest BCUT2D eigenvalue weighted by Crippen LogP contribution is -3.00. The number of ether oxygens (including phenoxy) is 3. The fraction of sp³-hybridized carbons (Fsp3) is 0.588. The van der Waals surface area contributed by atoms with Crippen LogP contribution in [-0.4, -0.2) is 62.0 Å². The van der Waals surface area contributed by atoms with Crippen molar-refractivity contribution in [3.63, 3.8) is 0 Å². The molecule has 1 fully saturated rings. The number of benzene rings is 1. The Balaban J connectivity index is 0.00000288. The molecular weight excluding hydrogens is 334 g/mol. The van der Waals surface area contributed by atoms with E-state index in [4.69, 9.17) is 14.2 Å². The molecule has 1 saturated heterocycles. The fourth-order valence-electron chi connectivity index (χ4n) is 2.21. The normalized spacial score (nSPS) is 15.0. The largest absolute Gasteiger partial charge is 1.00 e. The van der Waals surface area contributed by atoms with Crippen LogP contribution in [0.1, 0.15) is 24.2 Å². The van der Waals surface area contributed by atoms with E-state index in [9.17, 15) is 9.90 Å². The molecular formula is C17H25ClNO5-. The number of nitrogens with zero attached hydrogens (tertiary/aromatic N) is 1. The summed E-state index contributed by atoms with van der Waals surface area (Å²) in [4.78, 5) is 14.2. The zero-order valence-corrected chi connectivity index (χ0v) is 14.9. The molecule has 0 unspecified atom stereocenters. The van der Waals surface area contributed by atoms with Gasteiger partial charge >= 0.3 is 5.97 Å². The van der Waals surface area contributed by atoms with Crippen molar-refractivity contribution < 1.29 is 36.5 Å². The van der Waals surface area contributed by atoms with Crippen molar-refractivity contribution in [2.45, 2.75) is 13.8 Å². The van der Waals surface area contributed by atoms with Gasteiger partial charge in [-0.05, 0) is 18.1 Å². The van der Waals surface area contributed by atoms with Crippen LogP contribution in [0.25, 0.3) is 0 Å². The summed E-state index contributed by atoms with van der Waals surface area (Å²) in [6.45, 7) is 8.74. The zero-order valence-electron chi connectivity index (χ0n) is 14.2. The molecule has 0 aromatic heterocycles. The van der Waals surface area contributed by atoms with Crippen LogP contribution in [0.5, 0.6) is 11.5 Å². The van der Waals surface area contributed by atoms with E-state index < -0.39 is 5.97 Å². The van der Waals surface area contributed by atoms with E-state index in [0.29, 0.717) is 44.6 Å². The lowest BCUT2D eigenvalue weighted by atomic mass is 10.2. The Labute approximate surface area is 149 Å². The monoisotopic (exact) mass is 358 g/mol. The van der Waals surface area contributed by atoms with Crippen molar-refractivity contribution in [2.75, 3.05) is 46.1 Å². The summed E-state index contributed by atoms with van der Waals surface area (Å²) in [5.74, 6) is 0.289. The van der Waals surface area contributed by atoms with Crippen molar-refractivity contribution >= 4 is 5.97 Å². The van der Waals surface area contributed by atoms with Gasteiger partial charge < -0.3 is 31.7 Å². The van der Waals surface area contributed by atoms with Crippen LogP contribution in [0, 0.1) is 5.92 Å². The Morgan fingerprint density at radius 1 is 1.33 bits per heavy atom. The fourth-order valence-corrected chi connectivity index (χ4v) is 2.21. The molecule has 1 aromatic rings. The molecule has 0 atom stereocenters. The second-order valence-electron chi connectivity index (χ2n) is 5.97. The Bertz CT molecular complexity index is 518. The molecule has 1 N–H and O–H groups in total. The van der Waals surface area contributed by atoms with Crippen LogP contribution >= 0.6 is 0 Å². The molecule has 0 saturated carbocycles. The van der Waals surface area contributed by atoms with Gasteiger partial charge in [-0.15, -0.1) is 0 Å². The molecule has 0 radical (unpaired) electrons. The van der Waals surface area contributed by atoms with Gasteiger partial charge in [0.05, 0.1) is 19.8 Å². The Kier molecular flexibility index (Phi) is 8.89. The average Bonchev–Trinajstić information content (AvgIpc) is 2.54. The molecule has 0 amide bonds. The highest BCUT2D eigenvalue weighted by molar-refractivity contribution is 5.92. The van der Waals surface area contributed by atoms with Crippen molar-refractivity contribution in [1.29, 1.82) is 0 Å². The van der Waals surface area contributed by atoms with Crippen LogP contribution in [0.2, 0.25) is 0 Å². The first-order chi connectivity index (χ1) is 11.1. The quantitative estimate of drug-likeness (QED) is 0.625. The maximum absolute atomic E-state index is 12.0. The average molecular weight is 359 g/mol. The predicted molar refractivity (Wildman–Crippen MR) is 86.0 cm³/mol. The van der Waals surface area contributed by atoms with E-state index in [1.54, 1.807) is 6.07 Å². The van der Waals surface area contributed by atoms with Crippen molar-refractivity contribution in [3.8, 4) is 11.5 Å². The summed E-state index contributed by atoms with van der Waals surface area (Å²) in [5, 5.41) is 9.97. The minimum atomic E-state index is -0.522. The van der Waals surface area contributed by atoms with E-state index in [1.807, 2.05) is 13.8 Å². The number of hydrogen-bond donors (Lipinski definition) is 1. The summed E-state index contributed by atoms with van der Waals surface area (Å²) in [6.07, 6.45) is 0. The number of rotatable bonds is 7. The first-order valence-electron chi connectivity index (χ1n) is 7.99. The zero-order chi connectivity index (χ0) is 16.7. The molecule has 1 aliphatic heterocycles. The summed E-state index contributed by atoms with van der Waals surface area (Å²) >= 11 is 0. The first-order valence-corrected chi connectivity index (χ1v) is 7.99. The highest BCUT2D eigenvalue weighted by Crippen LogP contribution is 2.24. The molecule has 0 bridgehead atoms. The Hall–Kier alpha value is -1.50. The van der Waals surface area contributed by atoms with Gasteiger partial charge in [-0.25, -0.2) is 4.79 Å². The number of carbonyl (C=O) groups excluding carboxylic acids is 1. The summed E-state index contributed by atoms with van der Waals surface area (Å²) in [5.41, 5.74) is 0.156. The lowest BCUT2D eigenvalue weighted by Gasteiger charge is -2.26. The van der Waals surface area contributed by atoms with Gasteiger partial charge in [-0.3, -0.25) is 4.90 Å². The van der Waals surface area contributed by atoms with Crippen LogP contribution in [-0.2, 0) is 9.47 Å². The van der Waals surface area contributed by atoms with Crippen LogP contribution in [0.15, 0.2) is 18.2 Å². The van der Waals surface area contributed by atoms with Gasteiger partial charge in [-0.2, -0.15) is 0 Å². The second-order valence-corrected chi connectivity index (χ2v) is 5.97. The molecule has 1 aromatic carbocycles. The van der Waals surface area contributed by atoms with Gasteiger partial charge in [0.25, 0.3) is 0 Å². The number of phenolic OH excluding ortho intramolecular Hbond substituents is 1. The molecule has 1 heterocycles. The van der Waals surface area contributed by atoms with Crippen molar-refractivity contribution in [1.82, 2.24) is 4.90 Å². The molecule has 0 aliphatic carbocycles. The minimum Gasteiger partial charge on any atom is -1.00 e. The summed E-state index contributed by atoms with van der Waals surface area (Å²) < 4.78 is 16.0. The van der Waals surface area contributed by atoms with E-state index in [1.165, 1.54) is 12.1 Å². The third kappa shape index (κ3) is 6.55. The number of hydrogen-bond acceptors (Lipinski definition) is 6. The SMILES string of the molecule is CC(C)COc1ccc(C(=O)OCCN2CCOCC2)c(O)c1.[Cl-]. The van der Waals surface area contributed by atoms with E-state index in [-0.39, 0.29) is 23.7 Å². The Morgan fingerprint density at radius 2 is 2.04 bits per heavy atom. The van der Waals surface area contributed by atoms with Gasteiger partial charge in [0.15, 0.2) is 0 Å². The number of morpholine rings is 1. The second kappa shape index (κ2) is 10.4. The molecule has 0 spiro atoms. The maximum atomic E-state index is 12.0. The number of carbonyl (C=O) groups is 1. The van der Waals surface area contributed by atoms with Gasteiger partial charge in [0.1, 0.15) is 23.7 Å². The van der Waals surface area contributed by atoms with E-state index in [0.717, 1.165) is 13.1 Å². The molecule has 136 valence electrons. The smallest absolute Gasteiger partial charge is 0.341 e. The highest BCUT2D eigenvalue weighted by Gasteiger charge is 2.15. The molecule has 2 rings (SSSR count). The summed E-state index contributed by atoms with van der Waals surface area (Å²) in [7, 11) is 0. The Morgan fingerprint density at radius 3 is 2.67 bits per heavy atom. The first kappa shape index (κ1) is 20.5. The van der Waals surface area contributed by atoms with Gasteiger partial charge in [-0.1, -0.05) is 13.8 Å². The third-order valence-electron chi connectivity index (χ3n) is 3.52. The number of phenols is 1. The standard InChI is InChI=1S/C17H25NO5.ClH/c1-13(2)12-23-14-3-4-15(16(19)11-14)17(20)22-10-7-18-5-8-21-9-6-18;/h3-4,11,13,19H,5-10,12H2,1-2H3;1H/p-1. The highest BCUT2D eigenvalue weighted by atomic mass is 35.5. The van der Waals surface area contributed by atoms with Crippen molar-refractivity contribution in [3.05, 3.63) is 23.8 Å². The minimum absolute atomic E-state index is 0. The molecule has 24 heavy (non-hydrogen) atoms. The van der Waals surface area contributed by atoms with E-state index in [2.05, 4.69) is 4.90 Å². The van der Waals surface area contributed by atoms with Crippen LogP contribution in [0.4, 0.5) is 0 Å². The van der Waals surface area contributed by atoms with Gasteiger partial charge in [0.2, 0.25) is 0 Å². The number of esters is 1. The molecule has 6 nitrogen and oxygen atoms in total. The molecule has 1 aliphatic rings. The number of aromatic hydroxyl groups is 1. The van der Waals surface area contributed by atoms with Crippen molar-refractivity contribution in [2.24, 2.45) is 5.92 Å². The van der Waals surface area contributed by atoms with Crippen LogP contribution < -0.4 is 17.1 Å². The van der Waals surface area contributed by atoms with E-state index >= 15 is 0 Å². The topological polar surface area (TPSA) is 68.2 Å². The summed E-state index contributed by atoms with van der Waals surface area (Å²) in [6, 6.07) is 4.64. The molecule has 7 heteroatoms. The van der Waals surface area contributed by atoms with Gasteiger partial charge in [0, 0.05) is 25.7 Å². The number of halogens is 1. The lowest BCUT2D eigenvalue weighted by molar-refractivity contribution is -0.0000410.